The van der Waals surface area contributed by atoms with Crippen molar-refractivity contribution >= 4 is 23.6 Å². The summed E-state index contributed by atoms with van der Waals surface area (Å²) in [5.74, 6) is -1.91. The van der Waals surface area contributed by atoms with Gasteiger partial charge < -0.3 is 35.7 Å². The van der Waals surface area contributed by atoms with Gasteiger partial charge in [0.05, 0.1) is 29.7 Å². The van der Waals surface area contributed by atoms with E-state index in [1.165, 1.54) is 14.2 Å². The Hall–Kier alpha value is -3.28. The standard InChI is InChI=1S/C30H45N3O8/c1-8-32-25-20-12-16(2)13-24(40-7)26(35)18(4)14-19(5)28(41-30(31)38)23(39-6)11-9-10-17(3)29(37)33-21(27(20)36)15-22(25)34/h10,14-16,18,23-24,26,28,32,35H,8-9,11-13H2,1-7H3,(H2,31,38)(H,33,37)/b17-10-,19-14-/t16-,18+,23+,24+,26-,28+/m1/s1. The molecule has 0 radical (unpaired) electrons. The molecule has 228 valence electrons. The maximum Gasteiger partial charge on any atom is 0.405 e. The Bertz CT molecular complexity index is 1120. The summed E-state index contributed by atoms with van der Waals surface area (Å²) in [7, 11) is 2.99. The average molecular weight is 576 g/mol. The molecule has 41 heavy (non-hydrogen) atoms. The number of carbonyl (C=O) groups excluding carboxylic acids is 4. The molecule has 0 aromatic heterocycles. The quantitative estimate of drug-likeness (QED) is 0.285. The summed E-state index contributed by atoms with van der Waals surface area (Å²) in [6, 6.07) is 0. The molecule has 0 aromatic rings. The van der Waals surface area contributed by atoms with Crippen LogP contribution in [0.4, 0.5) is 4.79 Å². The van der Waals surface area contributed by atoms with E-state index in [1.54, 1.807) is 26.0 Å². The molecule has 2 bridgehead atoms. The van der Waals surface area contributed by atoms with Gasteiger partial charge in [0.2, 0.25) is 11.6 Å². The first-order chi connectivity index (χ1) is 19.3. The van der Waals surface area contributed by atoms with E-state index in [4.69, 9.17) is 19.9 Å². The van der Waals surface area contributed by atoms with Gasteiger partial charge in [0.1, 0.15) is 0 Å². The van der Waals surface area contributed by atoms with Crippen LogP contribution < -0.4 is 16.4 Å². The molecule has 0 fully saturated rings. The van der Waals surface area contributed by atoms with Gasteiger partial charge >= 0.3 is 6.09 Å². The zero-order valence-corrected chi connectivity index (χ0v) is 25.1. The summed E-state index contributed by atoms with van der Waals surface area (Å²) < 4.78 is 16.7. The van der Waals surface area contributed by atoms with Crippen LogP contribution in [0.3, 0.4) is 0 Å². The van der Waals surface area contributed by atoms with Gasteiger partial charge in [-0.3, -0.25) is 14.4 Å². The van der Waals surface area contributed by atoms with Crippen molar-refractivity contribution in [2.45, 2.75) is 84.7 Å². The molecule has 0 saturated carbocycles. The second-order valence-corrected chi connectivity index (χ2v) is 10.8. The molecule has 2 rings (SSSR count). The summed E-state index contributed by atoms with van der Waals surface area (Å²) in [6.07, 6.45) is 2.10. The number of likely N-dealkylation sites (N-methyl/N-ethyl adjacent to an activating group) is 1. The Kier molecular flexibility index (Phi) is 12.9. The molecule has 0 aromatic carbocycles. The van der Waals surface area contributed by atoms with Crippen molar-refractivity contribution in [2.24, 2.45) is 17.6 Å². The van der Waals surface area contributed by atoms with Crippen LogP contribution in [-0.2, 0) is 28.6 Å². The van der Waals surface area contributed by atoms with E-state index in [2.05, 4.69) is 10.6 Å². The maximum absolute atomic E-state index is 13.5. The van der Waals surface area contributed by atoms with Gasteiger partial charge in [0.25, 0.3) is 5.91 Å². The second-order valence-electron chi connectivity index (χ2n) is 10.8. The number of aliphatic hydroxyl groups excluding tert-OH is 1. The second kappa shape index (κ2) is 15.6. The van der Waals surface area contributed by atoms with Crippen molar-refractivity contribution in [3.8, 4) is 0 Å². The number of nitrogens with two attached hydrogens (primary N) is 1. The molecule has 1 heterocycles. The van der Waals surface area contributed by atoms with Crippen LogP contribution in [0, 0.1) is 11.8 Å². The Morgan fingerprint density at radius 2 is 1.80 bits per heavy atom. The summed E-state index contributed by atoms with van der Waals surface area (Å²) >= 11 is 0. The fourth-order valence-electron chi connectivity index (χ4n) is 5.26. The van der Waals surface area contributed by atoms with Gasteiger partial charge in [0.15, 0.2) is 6.10 Å². The number of hydrogen-bond donors (Lipinski definition) is 4. The Balaban J connectivity index is 2.56. The molecule has 11 nitrogen and oxygen atoms in total. The fraction of sp³-hybridized carbons (Fsp3) is 0.600. The Morgan fingerprint density at radius 1 is 1.15 bits per heavy atom. The Morgan fingerprint density at radius 3 is 2.39 bits per heavy atom. The fourth-order valence-corrected chi connectivity index (χ4v) is 5.26. The van der Waals surface area contributed by atoms with Crippen LogP contribution in [0.15, 0.2) is 46.3 Å². The third-order valence-electron chi connectivity index (χ3n) is 7.47. The summed E-state index contributed by atoms with van der Waals surface area (Å²) in [5, 5.41) is 16.8. The molecule has 0 spiro atoms. The first kappa shape index (κ1) is 33.9. The van der Waals surface area contributed by atoms with Crippen molar-refractivity contribution < 1.29 is 38.5 Å². The van der Waals surface area contributed by atoms with Gasteiger partial charge in [-0.15, -0.1) is 0 Å². The first-order valence-corrected chi connectivity index (χ1v) is 14.0. The molecule has 0 saturated heterocycles. The largest absolute Gasteiger partial charge is 0.439 e. The van der Waals surface area contributed by atoms with Crippen molar-refractivity contribution in [1.29, 1.82) is 0 Å². The number of allylic oxidation sites excluding steroid dienone is 3. The van der Waals surface area contributed by atoms with Crippen LogP contribution in [0.5, 0.6) is 0 Å². The number of nitrogens with one attached hydrogen (secondary N) is 2. The molecule has 1 aliphatic heterocycles. The number of aliphatic hydroxyl groups is 1. The molecule has 5 N–H and O–H groups in total. The smallest absolute Gasteiger partial charge is 0.405 e. The van der Waals surface area contributed by atoms with Crippen LogP contribution >= 0.6 is 0 Å². The topological polar surface area (TPSA) is 166 Å². The number of hydrogen-bond acceptors (Lipinski definition) is 9. The predicted molar refractivity (Wildman–Crippen MR) is 153 cm³/mol. The number of rotatable bonds is 5. The van der Waals surface area contributed by atoms with E-state index in [1.807, 2.05) is 20.8 Å². The zero-order chi connectivity index (χ0) is 30.9. The van der Waals surface area contributed by atoms with Crippen molar-refractivity contribution in [3.05, 3.63) is 46.3 Å². The lowest BCUT2D eigenvalue weighted by Gasteiger charge is -2.30. The number of amides is 2. The van der Waals surface area contributed by atoms with Gasteiger partial charge in [-0.05, 0) is 57.9 Å². The molecular weight excluding hydrogens is 530 g/mol. The van der Waals surface area contributed by atoms with E-state index in [-0.39, 0.29) is 29.3 Å². The van der Waals surface area contributed by atoms with Gasteiger partial charge in [-0.25, -0.2) is 4.79 Å². The van der Waals surface area contributed by atoms with Crippen LogP contribution in [-0.4, -0.2) is 73.9 Å². The number of ketones is 2. The minimum atomic E-state index is -0.962. The maximum atomic E-state index is 13.5. The van der Waals surface area contributed by atoms with E-state index in [0.717, 1.165) is 6.08 Å². The number of ether oxygens (including phenoxy) is 3. The highest BCUT2D eigenvalue weighted by Crippen LogP contribution is 2.29. The highest BCUT2D eigenvalue weighted by Gasteiger charge is 2.33. The molecule has 0 unspecified atom stereocenters. The lowest BCUT2D eigenvalue weighted by molar-refractivity contribution is -0.120. The SMILES string of the molecule is CCNC1=C2C[C@@H](C)C[C@H](OC)[C@H](O)[C@@H](C)/C=C(/C)[C@H](OC(N)=O)[C@@H](OC)CC/C=C(/C)C(=O)NC(=CC1=O)C2=O. The minimum absolute atomic E-state index is 0.0871. The third-order valence-corrected chi connectivity index (χ3v) is 7.47. The van der Waals surface area contributed by atoms with Gasteiger partial charge in [-0.1, -0.05) is 26.0 Å². The monoisotopic (exact) mass is 575 g/mol. The highest BCUT2D eigenvalue weighted by atomic mass is 16.6. The first-order valence-electron chi connectivity index (χ1n) is 14.0. The van der Waals surface area contributed by atoms with Gasteiger partial charge in [0, 0.05) is 43.9 Å². The highest BCUT2D eigenvalue weighted by molar-refractivity contribution is 6.23. The van der Waals surface area contributed by atoms with E-state index >= 15 is 0 Å². The molecule has 2 amide bonds. The third kappa shape index (κ3) is 9.11. The molecular formula is C30H45N3O8. The van der Waals surface area contributed by atoms with E-state index < -0.39 is 53.9 Å². The molecule has 2 aliphatic rings. The number of primary amides is 1. The number of fused-ring (bicyclic) bond motifs is 2. The zero-order valence-electron chi connectivity index (χ0n) is 25.1. The average Bonchev–Trinajstić information content (AvgIpc) is 2.92. The number of Topliss-reactive ketones (excluding diaryl/α,β-unsaturated/α-hetero) is 1. The molecule has 1 aliphatic carbocycles. The van der Waals surface area contributed by atoms with Crippen LogP contribution in [0.25, 0.3) is 0 Å². The molecule has 6 atom stereocenters. The lowest BCUT2D eigenvalue weighted by atomic mass is 9.85. The van der Waals surface area contributed by atoms with Crippen molar-refractivity contribution in [2.75, 3.05) is 20.8 Å². The summed E-state index contributed by atoms with van der Waals surface area (Å²) in [4.78, 5) is 51.2. The lowest BCUT2D eigenvalue weighted by Crippen LogP contribution is -2.38. The Labute approximate surface area is 242 Å². The van der Waals surface area contributed by atoms with E-state index in [9.17, 15) is 24.3 Å². The van der Waals surface area contributed by atoms with Crippen molar-refractivity contribution in [3.63, 3.8) is 0 Å². The predicted octanol–water partition coefficient (Wildman–Crippen LogP) is 2.60. The van der Waals surface area contributed by atoms with Crippen LogP contribution in [0.2, 0.25) is 0 Å². The number of carbonyl (C=O) groups is 4. The number of methoxy groups -OCH3 is 2. The van der Waals surface area contributed by atoms with Crippen LogP contribution in [0.1, 0.15) is 60.3 Å². The minimum Gasteiger partial charge on any atom is -0.439 e. The van der Waals surface area contributed by atoms with Gasteiger partial charge in [-0.2, -0.15) is 0 Å². The summed E-state index contributed by atoms with van der Waals surface area (Å²) in [6.45, 7) is 9.38. The molecule has 11 heteroatoms. The van der Waals surface area contributed by atoms with E-state index in [0.29, 0.717) is 37.0 Å². The normalized spacial score (nSPS) is 31.8. The van der Waals surface area contributed by atoms with Crippen molar-refractivity contribution in [1.82, 2.24) is 10.6 Å². The summed E-state index contributed by atoms with van der Waals surface area (Å²) in [5.41, 5.74) is 6.76.